The lowest BCUT2D eigenvalue weighted by Gasteiger charge is -2.22. The second-order valence-electron chi connectivity index (χ2n) is 4.15. The highest BCUT2D eigenvalue weighted by Crippen LogP contribution is 2.40. The second kappa shape index (κ2) is 6.53. The van der Waals surface area contributed by atoms with Gasteiger partial charge in [0.2, 0.25) is 0 Å². The molecule has 1 heterocycles. The Labute approximate surface area is 133 Å². The smallest absolute Gasteiger partial charge is 0.302 e. The lowest BCUT2D eigenvalue weighted by molar-refractivity contribution is -0.384. The number of benzene rings is 1. The summed E-state index contributed by atoms with van der Waals surface area (Å²) in [4.78, 5) is 35.2. The summed E-state index contributed by atoms with van der Waals surface area (Å²) in [6.07, 6.45) is 0.783. The summed E-state index contributed by atoms with van der Waals surface area (Å²) in [5, 5.41) is 9.84. The summed E-state index contributed by atoms with van der Waals surface area (Å²) >= 11 is 3.12. The first-order valence-corrected chi connectivity index (χ1v) is 8.27. The van der Waals surface area contributed by atoms with Crippen LogP contribution in [0.3, 0.4) is 0 Å². The third-order valence-corrected chi connectivity index (χ3v) is 4.74. The van der Waals surface area contributed by atoms with Crippen molar-refractivity contribution in [3.63, 3.8) is 0 Å². The lowest BCUT2D eigenvalue weighted by atomic mass is 10.2. The van der Waals surface area contributed by atoms with Crippen LogP contribution in [0.2, 0.25) is 0 Å². The van der Waals surface area contributed by atoms with Gasteiger partial charge < -0.3 is 4.90 Å². The fraction of sp³-hybridized carbons (Fsp3) is 0.333. The summed E-state index contributed by atoms with van der Waals surface area (Å²) in [6, 6.07) is 6.08. The number of hydrogen-bond acceptors (Lipinski definition) is 5. The van der Waals surface area contributed by atoms with E-state index in [1.165, 1.54) is 17.0 Å². The number of nitrogens with zero attached hydrogens (tertiary/aromatic N) is 2. The molecule has 0 bridgehead atoms. The van der Waals surface area contributed by atoms with E-state index < -0.39 is 21.3 Å². The van der Waals surface area contributed by atoms with Crippen molar-refractivity contribution in [3.8, 4) is 0 Å². The molecule has 0 aromatic heterocycles. The average molecular weight is 406 g/mol. The van der Waals surface area contributed by atoms with Crippen molar-refractivity contribution in [3.05, 3.63) is 39.9 Å². The zero-order valence-corrected chi connectivity index (χ0v) is 13.3. The molecule has 1 aromatic carbocycles. The Kier molecular flexibility index (Phi) is 4.97. The van der Waals surface area contributed by atoms with Crippen LogP contribution in [-0.2, 0) is 9.59 Å². The minimum absolute atomic E-state index is 0.0382. The lowest BCUT2D eigenvalue weighted by Crippen LogP contribution is -2.30. The van der Waals surface area contributed by atoms with E-state index in [9.17, 15) is 19.7 Å². The van der Waals surface area contributed by atoms with Crippen LogP contribution in [-0.4, -0.2) is 31.8 Å². The van der Waals surface area contributed by atoms with Gasteiger partial charge in [0, 0.05) is 23.1 Å². The first kappa shape index (κ1) is 15.2. The van der Waals surface area contributed by atoms with Crippen LogP contribution in [0.15, 0.2) is 24.3 Å². The van der Waals surface area contributed by atoms with Crippen molar-refractivity contribution in [2.24, 2.45) is 0 Å². The fourth-order valence-electron chi connectivity index (χ4n) is 1.93. The number of nitro benzene ring substituents is 1. The van der Waals surface area contributed by atoms with Crippen molar-refractivity contribution in [1.82, 2.24) is 4.90 Å². The SMILES string of the molecule is O=C1SC(c2cccc([N+](=O)[O-])c2)N(CCCI)C1=O. The van der Waals surface area contributed by atoms with Crippen molar-refractivity contribution < 1.29 is 14.5 Å². The highest BCUT2D eigenvalue weighted by atomic mass is 127. The number of non-ortho nitro benzene ring substituents is 1. The van der Waals surface area contributed by atoms with E-state index >= 15 is 0 Å². The summed E-state index contributed by atoms with van der Waals surface area (Å²) in [5.41, 5.74) is 0.570. The average Bonchev–Trinajstić information content (AvgIpc) is 2.73. The zero-order valence-electron chi connectivity index (χ0n) is 10.3. The molecule has 1 aromatic rings. The van der Waals surface area contributed by atoms with Crippen molar-refractivity contribution in [2.75, 3.05) is 11.0 Å². The highest BCUT2D eigenvalue weighted by molar-refractivity contribution is 14.1. The third-order valence-electron chi connectivity index (χ3n) is 2.84. The topological polar surface area (TPSA) is 80.5 Å². The second-order valence-corrected chi connectivity index (χ2v) is 6.28. The van der Waals surface area contributed by atoms with Crippen molar-refractivity contribution in [1.29, 1.82) is 0 Å². The molecule has 0 aliphatic carbocycles. The predicted molar refractivity (Wildman–Crippen MR) is 83.7 cm³/mol. The maximum absolute atomic E-state index is 11.8. The number of carbonyl (C=O) groups is 2. The molecule has 1 aliphatic heterocycles. The molecule has 0 radical (unpaired) electrons. The van der Waals surface area contributed by atoms with Gasteiger partial charge in [-0.3, -0.25) is 19.7 Å². The number of amides is 1. The van der Waals surface area contributed by atoms with Crippen LogP contribution in [0.1, 0.15) is 17.4 Å². The molecule has 106 valence electrons. The molecule has 1 atom stereocenters. The molecule has 8 heteroatoms. The van der Waals surface area contributed by atoms with Gasteiger partial charge in [0.1, 0.15) is 5.37 Å². The predicted octanol–water partition coefficient (Wildman–Crippen LogP) is 2.52. The van der Waals surface area contributed by atoms with Gasteiger partial charge in [0.15, 0.2) is 0 Å². The molecule has 0 saturated carbocycles. The van der Waals surface area contributed by atoms with Crippen LogP contribution < -0.4 is 0 Å². The Bertz CT molecular complexity index is 566. The third kappa shape index (κ3) is 3.11. The quantitative estimate of drug-likeness (QED) is 0.247. The van der Waals surface area contributed by atoms with E-state index in [-0.39, 0.29) is 5.69 Å². The molecule has 1 amide bonds. The number of nitro groups is 1. The summed E-state index contributed by atoms with van der Waals surface area (Å²) in [7, 11) is 0. The first-order chi connectivity index (χ1) is 9.54. The monoisotopic (exact) mass is 406 g/mol. The van der Waals surface area contributed by atoms with Crippen molar-refractivity contribution in [2.45, 2.75) is 11.8 Å². The Hall–Kier alpha value is -1.16. The first-order valence-electron chi connectivity index (χ1n) is 5.86. The molecule has 0 spiro atoms. The maximum atomic E-state index is 11.8. The molecular formula is C12H11IN2O4S. The number of alkyl halides is 1. The Morgan fingerprint density at radius 1 is 1.40 bits per heavy atom. The number of thioether (sulfide) groups is 1. The van der Waals surface area contributed by atoms with Crippen LogP contribution in [0.25, 0.3) is 0 Å². The van der Waals surface area contributed by atoms with Gasteiger partial charge >= 0.3 is 5.91 Å². The summed E-state index contributed by atoms with van der Waals surface area (Å²) in [6.45, 7) is 0.480. The van der Waals surface area contributed by atoms with Gasteiger partial charge in [0.25, 0.3) is 10.8 Å². The Balaban J connectivity index is 2.29. The molecular weight excluding hydrogens is 395 g/mol. The van der Waals surface area contributed by atoms with Gasteiger partial charge in [-0.25, -0.2) is 0 Å². The van der Waals surface area contributed by atoms with E-state index in [0.717, 1.165) is 22.6 Å². The number of hydrogen-bond donors (Lipinski definition) is 0. The highest BCUT2D eigenvalue weighted by Gasteiger charge is 2.40. The normalized spacial score (nSPS) is 18.6. The number of carbonyl (C=O) groups excluding carboxylic acids is 2. The molecule has 2 rings (SSSR count). The number of halogens is 1. The van der Waals surface area contributed by atoms with E-state index in [1.807, 2.05) is 0 Å². The fourth-order valence-corrected chi connectivity index (χ4v) is 3.30. The summed E-state index contributed by atoms with van der Waals surface area (Å²) < 4.78 is 0.877. The molecule has 20 heavy (non-hydrogen) atoms. The Morgan fingerprint density at radius 3 is 2.80 bits per heavy atom. The minimum Gasteiger partial charge on any atom is -0.319 e. The van der Waals surface area contributed by atoms with Crippen molar-refractivity contribution >= 4 is 51.1 Å². The van der Waals surface area contributed by atoms with Crippen LogP contribution in [0, 0.1) is 10.1 Å². The number of rotatable bonds is 5. The van der Waals surface area contributed by atoms with Gasteiger partial charge in [-0.2, -0.15) is 0 Å². The molecule has 6 nitrogen and oxygen atoms in total. The maximum Gasteiger partial charge on any atom is 0.302 e. The summed E-state index contributed by atoms with van der Waals surface area (Å²) in [5.74, 6) is -0.517. The van der Waals surface area contributed by atoms with E-state index in [1.54, 1.807) is 12.1 Å². The van der Waals surface area contributed by atoms with Gasteiger partial charge in [-0.1, -0.05) is 34.7 Å². The van der Waals surface area contributed by atoms with Crippen LogP contribution in [0.5, 0.6) is 0 Å². The van der Waals surface area contributed by atoms with Crippen LogP contribution >= 0.6 is 34.4 Å². The molecule has 1 saturated heterocycles. The van der Waals surface area contributed by atoms with E-state index in [4.69, 9.17) is 0 Å². The minimum atomic E-state index is -0.517. The molecule has 0 N–H and O–H groups in total. The molecule has 1 fully saturated rings. The Morgan fingerprint density at radius 2 is 2.15 bits per heavy atom. The molecule has 1 unspecified atom stereocenters. The largest absolute Gasteiger partial charge is 0.319 e. The zero-order chi connectivity index (χ0) is 14.7. The van der Waals surface area contributed by atoms with Crippen LogP contribution in [0.4, 0.5) is 5.69 Å². The van der Waals surface area contributed by atoms with E-state index in [0.29, 0.717) is 12.1 Å². The van der Waals surface area contributed by atoms with E-state index in [2.05, 4.69) is 22.6 Å². The van der Waals surface area contributed by atoms with Gasteiger partial charge in [-0.15, -0.1) is 0 Å². The van der Waals surface area contributed by atoms with Gasteiger partial charge in [-0.05, 0) is 23.7 Å². The molecule has 1 aliphatic rings. The standard InChI is InChI=1S/C12H11IN2O4S/c13-5-2-6-14-10(16)12(17)20-11(14)8-3-1-4-9(7-8)15(18)19/h1,3-4,7,11H,2,5-6H2. The van der Waals surface area contributed by atoms with Gasteiger partial charge in [0.05, 0.1) is 4.92 Å².